The molecule has 0 rings (SSSR count). The van der Waals surface area contributed by atoms with Gasteiger partial charge < -0.3 is 55.9 Å². The molecule has 0 aromatic heterocycles. The quantitative estimate of drug-likeness (QED) is 0.0472. The van der Waals surface area contributed by atoms with E-state index in [2.05, 4.69) is 20.8 Å². The molecule has 0 radical (unpaired) electrons. The minimum Gasteiger partial charge on any atom is -0.379 e. The summed E-state index contributed by atoms with van der Waals surface area (Å²) >= 11 is 6.06. The predicted molar refractivity (Wildman–Crippen MR) is 186 cm³/mol. The molecule has 47 heavy (non-hydrogen) atoms. The monoisotopic (exact) mass is 720 g/mol. The number of ether oxygens (including phenoxy) is 9. The average molecular weight is 721 g/mol. The molecule has 0 spiro atoms. The van der Waals surface area contributed by atoms with Crippen molar-refractivity contribution in [2.45, 2.75) is 71.8 Å². The highest BCUT2D eigenvalue weighted by molar-refractivity contribution is 6.60. The van der Waals surface area contributed by atoms with E-state index in [-0.39, 0.29) is 0 Å². The molecule has 284 valence electrons. The standard InChI is InChI=1S/C33H69ClO12Si/c1-4-7-12-35-15-18-38-21-24-41-27-30-44-47(33-10-11-34,45-31-28-42-25-22-39-19-16-36-13-8-5-2)46-32-29-43-26-23-40-20-17-37-14-9-6-3/h4-33H2,1-3H3. The summed E-state index contributed by atoms with van der Waals surface area (Å²) in [5.41, 5.74) is 0. The molecule has 0 bridgehead atoms. The second kappa shape index (κ2) is 40.5. The van der Waals surface area contributed by atoms with Gasteiger partial charge in [-0.15, -0.1) is 11.6 Å². The zero-order valence-corrected chi connectivity index (χ0v) is 31.7. The highest BCUT2D eigenvalue weighted by Crippen LogP contribution is 2.19. The second-order valence-corrected chi connectivity index (χ2v) is 13.7. The molecule has 0 amide bonds. The molecule has 0 aromatic carbocycles. The minimum absolute atomic E-state index is 0.332. The number of unbranched alkanes of at least 4 members (excludes halogenated alkanes) is 3. The third-order valence-electron chi connectivity index (χ3n) is 6.42. The summed E-state index contributed by atoms with van der Waals surface area (Å²) in [4.78, 5) is 0. The van der Waals surface area contributed by atoms with Crippen LogP contribution in [0.3, 0.4) is 0 Å². The van der Waals surface area contributed by atoms with Gasteiger partial charge in [0.05, 0.1) is 119 Å². The molecule has 0 aromatic rings. The summed E-state index contributed by atoms with van der Waals surface area (Å²) < 4.78 is 69.2. The molecule has 0 aliphatic rings. The lowest BCUT2D eigenvalue weighted by atomic mass is 10.4. The molecule has 12 nitrogen and oxygen atoms in total. The molecule has 0 fully saturated rings. The van der Waals surface area contributed by atoms with Crippen LogP contribution in [0.2, 0.25) is 6.04 Å². The minimum atomic E-state index is -3.08. The Morgan fingerprint density at radius 1 is 0.319 bits per heavy atom. The third-order valence-corrected chi connectivity index (χ3v) is 9.59. The zero-order valence-electron chi connectivity index (χ0n) is 30.0. The highest BCUT2D eigenvalue weighted by Gasteiger charge is 2.40. The van der Waals surface area contributed by atoms with Gasteiger partial charge in [0.25, 0.3) is 0 Å². The van der Waals surface area contributed by atoms with E-state index in [4.69, 9.17) is 67.5 Å². The van der Waals surface area contributed by atoms with Crippen molar-refractivity contribution in [3.63, 3.8) is 0 Å². The Labute approximate surface area is 292 Å². The van der Waals surface area contributed by atoms with Crippen LogP contribution in [-0.4, -0.2) is 153 Å². The van der Waals surface area contributed by atoms with Crippen LogP contribution in [0.1, 0.15) is 65.7 Å². The SMILES string of the molecule is CCCCOCCOCCOCCO[Si](CCCCl)(OCCOCCOCCOCCCC)OCCOCCOCCOCCCC. The average Bonchev–Trinajstić information content (AvgIpc) is 3.08. The predicted octanol–water partition coefficient (Wildman–Crippen LogP) is 5.15. The normalized spacial score (nSPS) is 12.0. The van der Waals surface area contributed by atoms with Gasteiger partial charge in [0.2, 0.25) is 0 Å². The molecule has 0 atom stereocenters. The first-order valence-electron chi connectivity index (χ1n) is 17.9. The lowest BCUT2D eigenvalue weighted by molar-refractivity contribution is -0.0229. The highest BCUT2D eigenvalue weighted by atomic mass is 35.5. The fourth-order valence-corrected chi connectivity index (χ4v) is 6.59. The van der Waals surface area contributed by atoms with Crippen LogP contribution in [-0.2, 0) is 55.9 Å². The molecular weight excluding hydrogens is 652 g/mol. The molecule has 0 saturated carbocycles. The Morgan fingerprint density at radius 2 is 0.553 bits per heavy atom. The van der Waals surface area contributed by atoms with Crippen LogP contribution in [0.4, 0.5) is 0 Å². The van der Waals surface area contributed by atoms with Crippen molar-refractivity contribution < 1.29 is 55.9 Å². The Kier molecular flexibility index (Phi) is 40.5. The smallest absolute Gasteiger partial charge is 0.379 e. The lowest BCUT2D eigenvalue weighted by Gasteiger charge is -2.29. The fourth-order valence-electron chi connectivity index (χ4n) is 3.76. The van der Waals surface area contributed by atoms with Crippen LogP contribution in [0, 0.1) is 0 Å². The summed E-state index contributed by atoms with van der Waals surface area (Å²) in [5, 5.41) is 0. The molecule has 0 N–H and O–H groups in total. The van der Waals surface area contributed by atoms with E-state index in [1.54, 1.807) is 0 Å². The maximum absolute atomic E-state index is 6.28. The van der Waals surface area contributed by atoms with Crippen molar-refractivity contribution in [2.75, 3.05) is 145 Å². The number of alkyl halides is 1. The van der Waals surface area contributed by atoms with Crippen molar-refractivity contribution in [2.24, 2.45) is 0 Å². The summed E-state index contributed by atoms with van der Waals surface area (Å²) in [6, 6.07) is 0.583. The largest absolute Gasteiger partial charge is 0.501 e. The van der Waals surface area contributed by atoms with Gasteiger partial charge in [0.15, 0.2) is 0 Å². The molecule has 0 aliphatic carbocycles. The van der Waals surface area contributed by atoms with E-state index in [1.165, 1.54) is 0 Å². The zero-order chi connectivity index (χ0) is 34.2. The summed E-state index contributed by atoms with van der Waals surface area (Å²) in [6.07, 6.45) is 7.29. The van der Waals surface area contributed by atoms with Crippen LogP contribution in [0.5, 0.6) is 0 Å². The van der Waals surface area contributed by atoms with Crippen LogP contribution < -0.4 is 0 Å². The summed E-state index contributed by atoms with van der Waals surface area (Å²) in [6.45, 7) is 17.3. The van der Waals surface area contributed by atoms with Crippen molar-refractivity contribution >= 4 is 20.4 Å². The van der Waals surface area contributed by atoms with E-state index in [1.807, 2.05) is 0 Å². The second-order valence-electron chi connectivity index (χ2n) is 10.6. The topological polar surface area (TPSA) is 111 Å². The number of hydrogen-bond donors (Lipinski definition) is 0. The fraction of sp³-hybridized carbons (Fsp3) is 1.00. The Morgan fingerprint density at radius 3 is 0.787 bits per heavy atom. The van der Waals surface area contributed by atoms with Crippen molar-refractivity contribution in [1.82, 2.24) is 0 Å². The van der Waals surface area contributed by atoms with Gasteiger partial charge in [-0.2, -0.15) is 0 Å². The maximum Gasteiger partial charge on any atom is 0.501 e. The molecular formula is C33H69ClO12Si. The number of halogens is 1. The third kappa shape index (κ3) is 35.6. The summed E-state index contributed by atoms with van der Waals surface area (Å²) in [5.74, 6) is 0.479. The van der Waals surface area contributed by atoms with Crippen molar-refractivity contribution in [1.29, 1.82) is 0 Å². The van der Waals surface area contributed by atoms with E-state index in [0.29, 0.717) is 137 Å². The van der Waals surface area contributed by atoms with Gasteiger partial charge in [0, 0.05) is 31.7 Å². The maximum atomic E-state index is 6.28. The van der Waals surface area contributed by atoms with Crippen molar-refractivity contribution in [3.05, 3.63) is 0 Å². The summed E-state index contributed by atoms with van der Waals surface area (Å²) in [7, 11) is -3.08. The van der Waals surface area contributed by atoms with Gasteiger partial charge >= 0.3 is 8.80 Å². The molecule has 0 aliphatic heterocycles. The first-order valence-corrected chi connectivity index (χ1v) is 20.4. The van der Waals surface area contributed by atoms with Gasteiger partial charge in [-0.25, -0.2) is 0 Å². The molecule has 0 heterocycles. The van der Waals surface area contributed by atoms with Crippen molar-refractivity contribution in [3.8, 4) is 0 Å². The van der Waals surface area contributed by atoms with Gasteiger partial charge in [-0.3, -0.25) is 0 Å². The van der Waals surface area contributed by atoms with Gasteiger partial charge in [-0.1, -0.05) is 40.0 Å². The molecule has 14 heteroatoms. The van der Waals surface area contributed by atoms with E-state index in [9.17, 15) is 0 Å². The Balaban J connectivity index is 4.45. The number of hydrogen-bond acceptors (Lipinski definition) is 12. The van der Waals surface area contributed by atoms with Crippen LogP contribution in [0.25, 0.3) is 0 Å². The Hall–Kier alpha value is 0.0269. The van der Waals surface area contributed by atoms with Crippen LogP contribution >= 0.6 is 11.6 Å². The first-order chi connectivity index (χ1) is 23.2. The van der Waals surface area contributed by atoms with Gasteiger partial charge in [-0.05, 0) is 25.7 Å². The van der Waals surface area contributed by atoms with E-state index >= 15 is 0 Å². The van der Waals surface area contributed by atoms with Gasteiger partial charge in [0.1, 0.15) is 0 Å². The Bertz CT molecular complexity index is 516. The molecule has 0 unspecified atom stereocenters. The van der Waals surface area contributed by atoms with E-state index < -0.39 is 8.80 Å². The number of rotatable bonds is 42. The van der Waals surface area contributed by atoms with Crippen LogP contribution in [0.15, 0.2) is 0 Å². The van der Waals surface area contributed by atoms with E-state index in [0.717, 1.165) is 58.3 Å². The lowest BCUT2D eigenvalue weighted by Crippen LogP contribution is -2.48. The first kappa shape index (κ1) is 47.0. The molecule has 0 saturated heterocycles.